The second-order valence-corrected chi connectivity index (χ2v) is 3.75. The van der Waals surface area contributed by atoms with Gasteiger partial charge in [-0.15, -0.1) is 0 Å². The van der Waals surface area contributed by atoms with Gasteiger partial charge in [-0.05, 0) is 28.3 Å². The highest BCUT2D eigenvalue weighted by molar-refractivity contribution is 5.86. The fourth-order valence-corrected chi connectivity index (χ4v) is 2.20. The Balaban J connectivity index is 2.26. The van der Waals surface area contributed by atoms with Crippen LogP contribution in [0.25, 0.3) is 11.1 Å². The number of hydrogen-bond donors (Lipinski definition) is 1. The Labute approximate surface area is 89.8 Å². The van der Waals surface area contributed by atoms with Crippen molar-refractivity contribution in [1.82, 2.24) is 0 Å². The van der Waals surface area contributed by atoms with Crippen molar-refractivity contribution in [3.8, 4) is 11.1 Å². The van der Waals surface area contributed by atoms with Crippen molar-refractivity contribution in [2.45, 2.75) is 0 Å². The minimum Gasteiger partial charge on any atom is -0.388 e. The van der Waals surface area contributed by atoms with Gasteiger partial charge in [-0.25, -0.2) is 0 Å². The average Bonchev–Trinajstić information content (AvgIpc) is 2.67. The predicted molar refractivity (Wildman–Crippen MR) is 63.9 cm³/mol. The van der Waals surface area contributed by atoms with Crippen molar-refractivity contribution >= 4 is 5.69 Å². The van der Waals surface area contributed by atoms with E-state index in [-0.39, 0.29) is 0 Å². The molecular formula is C14H12N. The average molecular weight is 194 g/mol. The fraction of sp³-hybridized carbons (Fsp3) is 0.0714. The molecule has 1 radical (unpaired) electrons. The highest BCUT2D eigenvalue weighted by Gasteiger charge is 2.19. The monoisotopic (exact) mass is 194 g/mol. The molecule has 1 aliphatic carbocycles. The summed E-state index contributed by atoms with van der Waals surface area (Å²) in [6.07, 6.45) is 2.25. The van der Waals surface area contributed by atoms with Crippen LogP contribution in [0.2, 0.25) is 0 Å². The summed E-state index contributed by atoms with van der Waals surface area (Å²) >= 11 is 0. The molecular weight excluding hydrogens is 182 g/mol. The van der Waals surface area contributed by atoms with Gasteiger partial charge >= 0.3 is 0 Å². The van der Waals surface area contributed by atoms with E-state index >= 15 is 0 Å². The third kappa shape index (κ3) is 1.16. The molecule has 0 aromatic heterocycles. The molecule has 0 bridgehead atoms. The molecule has 1 N–H and O–H groups in total. The number of nitrogens with one attached hydrogen (secondary N) is 1. The molecule has 1 aliphatic rings. The first-order valence-electron chi connectivity index (χ1n) is 5.15. The first-order chi connectivity index (χ1) is 7.40. The maximum Gasteiger partial charge on any atom is 0.0383 e. The molecule has 2 aromatic rings. The number of rotatable bonds is 1. The molecule has 0 heterocycles. The lowest BCUT2D eigenvalue weighted by atomic mass is 10.1. The standard InChI is InChI=1S/C14H12N/c1-15-14-8-4-7-12-11-6-3-2-5-10(11)9-13(12)14/h2-9,15H,1H3. The Bertz CT molecular complexity index is 514. The lowest BCUT2D eigenvalue weighted by molar-refractivity contribution is 1.46. The van der Waals surface area contributed by atoms with Crippen LogP contribution in [0.1, 0.15) is 11.1 Å². The third-order valence-corrected chi connectivity index (χ3v) is 2.93. The number of hydrogen-bond acceptors (Lipinski definition) is 1. The zero-order valence-corrected chi connectivity index (χ0v) is 8.62. The van der Waals surface area contributed by atoms with E-state index in [4.69, 9.17) is 0 Å². The van der Waals surface area contributed by atoms with Crippen molar-refractivity contribution in [2.75, 3.05) is 12.4 Å². The number of fused-ring (bicyclic) bond motifs is 3. The maximum absolute atomic E-state index is 3.23. The Kier molecular flexibility index (Phi) is 1.78. The van der Waals surface area contributed by atoms with Gasteiger partial charge in [-0.1, -0.05) is 36.4 Å². The van der Waals surface area contributed by atoms with Crippen LogP contribution in [0.15, 0.2) is 42.5 Å². The van der Waals surface area contributed by atoms with E-state index in [2.05, 4.69) is 54.2 Å². The second kappa shape index (κ2) is 3.13. The second-order valence-electron chi connectivity index (χ2n) is 3.75. The Morgan fingerprint density at radius 2 is 1.67 bits per heavy atom. The number of benzene rings is 2. The van der Waals surface area contributed by atoms with Crippen LogP contribution in [0.5, 0.6) is 0 Å². The van der Waals surface area contributed by atoms with Gasteiger partial charge in [0.2, 0.25) is 0 Å². The van der Waals surface area contributed by atoms with Crippen LogP contribution in [-0.2, 0) is 0 Å². The van der Waals surface area contributed by atoms with Gasteiger partial charge in [0.15, 0.2) is 0 Å². The molecule has 73 valence electrons. The van der Waals surface area contributed by atoms with Gasteiger partial charge in [0.1, 0.15) is 0 Å². The van der Waals surface area contributed by atoms with E-state index in [1.165, 1.54) is 27.9 Å². The van der Waals surface area contributed by atoms with Gasteiger partial charge in [0.25, 0.3) is 0 Å². The summed E-state index contributed by atoms with van der Waals surface area (Å²) in [5.74, 6) is 0. The SMILES string of the molecule is CNc1cccc2c1[CH]c1ccccc1-2. The van der Waals surface area contributed by atoms with Gasteiger partial charge in [0.05, 0.1) is 0 Å². The highest BCUT2D eigenvalue weighted by Crippen LogP contribution is 2.40. The zero-order valence-electron chi connectivity index (χ0n) is 8.62. The molecule has 2 aromatic carbocycles. The summed E-state index contributed by atoms with van der Waals surface area (Å²) in [6, 6.07) is 14.9. The Morgan fingerprint density at radius 3 is 2.53 bits per heavy atom. The topological polar surface area (TPSA) is 12.0 Å². The summed E-state index contributed by atoms with van der Waals surface area (Å²) in [6.45, 7) is 0. The Hall–Kier alpha value is -1.76. The van der Waals surface area contributed by atoms with Crippen LogP contribution in [-0.4, -0.2) is 7.05 Å². The van der Waals surface area contributed by atoms with E-state index in [0.29, 0.717) is 0 Å². The lowest BCUT2D eigenvalue weighted by Gasteiger charge is -2.06. The van der Waals surface area contributed by atoms with Crippen molar-refractivity contribution in [3.05, 3.63) is 60.0 Å². The van der Waals surface area contributed by atoms with Gasteiger partial charge in [-0.2, -0.15) is 0 Å². The van der Waals surface area contributed by atoms with Gasteiger partial charge in [-0.3, -0.25) is 0 Å². The van der Waals surface area contributed by atoms with Crippen molar-refractivity contribution in [3.63, 3.8) is 0 Å². The minimum absolute atomic E-state index is 1.20. The smallest absolute Gasteiger partial charge is 0.0383 e. The zero-order chi connectivity index (χ0) is 10.3. The molecule has 0 amide bonds. The summed E-state index contributed by atoms with van der Waals surface area (Å²) in [4.78, 5) is 0. The van der Waals surface area contributed by atoms with E-state index in [9.17, 15) is 0 Å². The van der Waals surface area contributed by atoms with E-state index in [1.807, 2.05) is 7.05 Å². The lowest BCUT2D eigenvalue weighted by Crippen LogP contribution is -1.92. The minimum atomic E-state index is 1.20. The molecule has 1 heteroatoms. The molecule has 0 fully saturated rings. The summed E-state index contributed by atoms with van der Waals surface area (Å²) in [7, 11) is 1.96. The summed E-state index contributed by atoms with van der Waals surface area (Å²) < 4.78 is 0. The van der Waals surface area contributed by atoms with E-state index < -0.39 is 0 Å². The molecule has 0 aliphatic heterocycles. The van der Waals surface area contributed by atoms with Gasteiger partial charge in [0, 0.05) is 19.2 Å². The molecule has 3 rings (SSSR count). The van der Waals surface area contributed by atoms with E-state index in [1.54, 1.807) is 0 Å². The quantitative estimate of drug-likeness (QED) is 0.626. The van der Waals surface area contributed by atoms with Crippen LogP contribution in [0.3, 0.4) is 0 Å². The molecule has 15 heavy (non-hydrogen) atoms. The first-order valence-corrected chi connectivity index (χ1v) is 5.15. The highest BCUT2D eigenvalue weighted by atomic mass is 14.8. The van der Waals surface area contributed by atoms with Crippen molar-refractivity contribution < 1.29 is 0 Å². The van der Waals surface area contributed by atoms with Crippen LogP contribution in [0.4, 0.5) is 5.69 Å². The normalized spacial score (nSPS) is 12.1. The molecule has 0 saturated carbocycles. The first kappa shape index (κ1) is 8.54. The summed E-state index contributed by atoms with van der Waals surface area (Å²) in [5.41, 5.74) is 6.49. The molecule has 0 spiro atoms. The third-order valence-electron chi connectivity index (χ3n) is 2.93. The van der Waals surface area contributed by atoms with Crippen molar-refractivity contribution in [2.24, 2.45) is 0 Å². The van der Waals surface area contributed by atoms with Crippen molar-refractivity contribution in [1.29, 1.82) is 0 Å². The largest absolute Gasteiger partial charge is 0.388 e. The van der Waals surface area contributed by atoms with Crippen LogP contribution < -0.4 is 5.32 Å². The molecule has 0 atom stereocenters. The van der Waals surface area contributed by atoms with E-state index in [0.717, 1.165) is 0 Å². The molecule has 0 unspecified atom stereocenters. The number of anilines is 1. The predicted octanol–water partition coefficient (Wildman–Crippen LogP) is 3.31. The summed E-state index contributed by atoms with van der Waals surface area (Å²) in [5, 5.41) is 3.23. The fourth-order valence-electron chi connectivity index (χ4n) is 2.20. The Morgan fingerprint density at radius 1 is 0.867 bits per heavy atom. The van der Waals surface area contributed by atoms with Crippen LogP contribution in [0, 0.1) is 6.42 Å². The molecule has 0 saturated heterocycles. The molecule has 1 nitrogen and oxygen atoms in total. The van der Waals surface area contributed by atoms with Gasteiger partial charge < -0.3 is 5.32 Å². The maximum atomic E-state index is 3.23. The van der Waals surface area contributed by atoms with Crippen LogP contribution >= 0.6 is 0 Å².